The van der Waals surface area contributed by atoms with Crippen LogP contribution in [0, 0.1) is 0 Å². The first kappa shape index (κ1) is 47.8. The number of phosphoric ester groups is 1. The van der Waals surface area contributed by atoms with E-state index in [0.717, 1.165) is 51.4 Å². The molecule has 1 unspecified atom stereocenters. The lowest BCUT2D eigenvalue weighted by Gasteiger charge is -2.24. The minimum Gasteiger partial charge on any atom is -0.462 e. The maximum absolute atomic E-state index is 12.6. The lowest BCUT2D eigenvalue weighted by atomic mass is 10.0. The van der Waals surface area contributed by atoms with Crippen LogP contribution in [-0.4, -0.2) is 74.9 Å². The van der Waals surface area contributed by atoms with E-state index >= 15 is 0 Å². The summed E-state index contributed by atoms with van der Waals surface area (Å²) in [5.74, 6) is -0.804. The van der Waals surface area contributed by atoms with Gasteiger partial charge in [-0.05, 0) is 38.5 Å². The van der Waals surface area contributed by atoms with E-state index in [1.807, 2.05) is 21.1 Å². The molecule has 0 aliphatic heterocycles. The van der Waals surface area contributed by atoms with Crippen molar-refractivity contribution in [2.75, 3.05) is 47.5 Å². The summed E-state index contributed by atoms with van der Waals surface area (Å²) in [7, 11) is 1.48. The molecule has 0 aromatic heterocycles. The number of unbranched alkanes of at least 4 members (excludes halogenated alkanes) is 20. The Kier molecular flexibility index (Phi) is 31.8. The smallest absolute Gasteiger partial charge is 0.462 e. The molecule has 0 aromatic carbocycles. The largest absolute Gasteiger partial charge is 0.472 e. The molecule has 9 nitrogen and oxygen atoms in total. The third kappa shape index (κ3) is 36.3. The van der Waals surface area contributed by atoms with Crippen molar-refractivity contribution in [3.05, 3.63) is 12.2 Å². The van der Waals surface area contributed by atoms with Crippen molar-refractivity contribution in [2.24, 2.45) is 0 Å². The zero-order chi connectivity index (χ0) is 36.5. The van der Waals surface area contributed by atoms with Crippen LogP contribution < -0.4 is 0 Å². The van der Waals surface area contributed by atoms with Gasteiger partial charge in [0.2, 0.25) is 0 Å². The molecule has 0 radical (unpaired) electrons. The van der Waals surface area contributed by atoms with Gasteiger partial charge in [-0.25, -0.2) is 4.57 Å². The molecule has 2 atom stereocenters. The lowest BCUT2D eigenvalue weighted by molar-refractivity contribution is -0.870. The standard InChI is InChI=1S/C39H76NO8P/c1-6-8-10-12-14-16-18-20-22-23-25-27-29-31-38(41)45-35-37(36-47-49(43,44)46-34-33-40(3,4)5)48-39(42)32-30-28-26-24-21-19-17-15-13-11-9-7-2/h16,18,37H,6-15,17,19-36H2,1-5H3/p+1/b18-16-/t37-/m1/s1. The van der Waals surface area contributed by atoms with Crippen LogP contribution in [0.3, 0.4) is 0 Å². The maximum atomic E-state index is 12.6. The molecule has 0 spiro atoms. The molecule has 0 heterocycles. The summed E-state index contributed by atoms with van der Waals surface area (Å²) in [6, 6.07) is 0. The number of rotatable bonds is 36. The van der Waals surface area contributed by atoms with Crippen molar-refractivity contribution in [2.45, 2.75) is 180 Å². The van der Waals surface area contributed by atoms with Gasteiger partial charge in [-0.15, -0.1) is 0 Å². The van der Waals surface area contributed by atoms with Crippen LogP contribution in [0.1, 0.15) is 174 Å². The SMILES string of the molecule is CCCCCC/C=C\CCCCCCCC(=O)OC[C@H](COP(=O)(O)OCC[N+](C)(C)C)OC(=O)CCCCCCCCCCCCCC. The summed E-state index contributed by atoms with van der Waals surface area (Å²) < 4.78 is 34.2. The average molecular weight is 719 g/mol. The Bertz CT molecular complexity index is 860. The first-order valence-electron chi connectivity index (χ1n) is 19.9. The number of ether oxygens (including phenoxy) is 2. The number of nitrogens with zero attached hydrogens (tertiary/aromatic N) is 1. The first-order valence-corrected chi connectivity index (χ1v) is 21.4. The van der Waals surface area contributed by atoms with Crippen LogP contribution in [0.5, 0.6) is 0 Å². The number of carbonyl (C=O) groups is 2. The minimum atomic E-state index is -4.36. The topological polar surface area (TPSA) is 108 Å². The van der Waals surface area contributed by atoms with E-state index in [2.05, 4.69) is 26.0 Å². The van der Waals surface area contributed by atoms with Crippen LogP contribution >= 0.6 is 7.82 Å². The van der Waals surface area contributed by atoms with E-state index in [4.69, 9.17) is 18.5 Å². The molecule has 0 aliphatic rings. The number of quaternary nitrogens is 1. The van der Waals surface area contributed by atoms with Crippen LogP contribution in [-0.2, 0) is 32.7 Å². The molecule has 0 amide bonds. The molecule has 10 heteroatoms. The normalized spacial score (nSPS) is 13.8. The lowest BCUT2D eigenvalue weighted by Crippen LogP contribution is -2.37. The van der Waals surface area contributed by atoms with Gasteiger partial charge in [0.05, 0.1) is 27.7 Å². The Morgan fingerprint density at radius 2 is 1.04 bits per heavy atom. The summed E-state index contributed by atoms with van der Waals surface area (Å²) in [6.45, 7) is 4.39. The Hall–Kier alpha value is -1.25. The maximum Gasteiger partial charge on any atom is 0.472 e. The van der Waals surface area contributed by atoms with E-state index in [1.165, 1.54) is 89.9 Å². The molecule has 0 bridgehead atoms. The highest BCUT2D eigenvalue weighted by atomic mass is 31.2. The summed E-state index contributed by atoms with van der Waals surface area (Å²) in [5, 5.41) is 0. The van der Waals surface area contributed by atoms with Crippen molar-refractivity contribution in [1.29, 1.82) is 0 Å². The highest BCUT2D eigenvalue weighted by Crippen LogP contribution is 2.43. The molecule has 290 valence electrons. The summed E-state index contributed by atoms with van der Waals surface area (Å²) in [4.78, 5) is 35.2. The number of esters is 2. The van der Waals surface area contributed by atoms with Gasteiger partial charge in [0.15, 0.2) is 6.10 Å². The van der Waals surface area contributed by atoms with E-state index in [-0.39, 0.29) is 32.0 Å². The molecule has 0 rings (SSSR count). The second-order valence-corrected chi connectivity index (χ2v) is 16.1. The third-order valence-electron chi connectivity index (χ3n) is 8.55. The first-order chi connectivity index (χ1) is 23.5. The summed E-state index contributed by atoms with van der Waals surface area (Å²) in [5.41, 5.74) is 0. The quantitative estimate of drug-likeness (QED) is 0.0224. The fraction of sp³-hybridized carbons (Fsp3) is 0.897. The van der Waals surface area contributed by atoms with Crippen LogP contribution in [0.2, 0.25) is 0 Å². The van der Waals surface area contributed by atoms with Crippen LogP contribution in [0.15, 0.2) is 12.2 Å². The number of likely N-dealkylation sites (N-methyl/N-ethyl adjacent to an activating group) is 1. The molecule has 0 fully saturated rings. The second kappa shape index (κ2) is 32.6. The van der Waals surface area contributed by atoms with Crippen molar-refractivity contribution in [3.8, 4) is 0 Å². The highest BCUT2D eigenvalue weighted by Gasteiger charge is 2.27. The number of carbonyl (C=O) groups excluding carboxylic acids is 2. The van der Waals surface area contributed by atoms with E-state index in [1.54, 1.807) is 0 Å². The predicted molar refractivity (Wildman–Crippen MR) is 201 cm³/mol. The number of hydrogen-bond donors (Lipinski definition) is 1. The van der Waals surface area contributed by atoms with Gasteiger partial charge in [-0.3, -0.25) is 18.6 Å². The van der Waals surface area contributed by atoms with E-state index < -0.39 is 26.5 Å². The zero-order valence-electron chi connectivity index (χ0n) is 32.4. The molecule has 0 saturated heterocycles. The minimum absolute atomic E-state index is 0.0332. The molecule has 0 aliphatic carbocycles. The van der Waals surface area contributed by atoms with Crippen LogP contribution in [0.4, 0.5) is 0 Å². The summed E-state index contributed by atoms with van der Waals surface area (Å²) in [6.07, 6.45) is 31.1. The van der Waals surface area contributed by atoms with Gasteiger partial charge in [-0.1, -0.05) is 135 Å². The molecular formula is C39H77NO8P+. The highest BCUT2D eigenvalue weighted by molar-refractivity contribution is 7.47. The van der Waals surface area contributed by atoms with Gasteiger partial charge in [0.1, 0.15) is 19.8 Å². The van der Waals surface area contributed by atoms with Crippen LogP contribution in [0.25, 0.3) is 0 Å². The van der Waals surface area contributed by atoms with Gasteiger partial charge >= 0.3 is 19.8 Å². The summed E-state index contributed by atoms with van der Waals surface area (Å²) >= 11 is 0. The van der Waals surface area contributed by atoms with Gasteiger partial charge in [0.25, 0.3) is 0 Å². The van der Waals surface area contributed by atoms with E-state index in [0.29, 0.717) is 17.4 Å². The van der Waals surface area contributed by atoms with E-state index in [9.17, 15) is 19.0 Å². The Balaban J connectivity index is 4.42. The van der Waals surface area contributed by atoms with Crippen molar-refractivity contribution >= 4 is 19.8 Å². The molecule has 49 heavy (non-hydrogen) atoms. The van der Waals surface area contributed by atoms with Crippen molar-refractivity contribution in [1.82, 2.24) is 0 Å². The second-order valence-electron chi connectivity index (χ2n) is 14.7. The molecular weight excluding hydrogens is 641 g/mol. The monoisotopic (exact) mass is 719 g/mol. The van der Waals surface area contributed by atoms with Gasteiger partial charge in [-0.2, -0.15) is 0 Å². The fourth-order valence-corrected chi connectivity index (χ4v) is 6.10. The number of phosphoric acid groups is 1. The Labute approximate surface area is 301 Å². The molecule has 0 aromatic rings. The van der Waals surface area contributed by atoms with Gasteiger partial charge < -0.3 is 18.9 Å². The predicted octanol–water partition coefficient (Wildman–Crippen LogP) is 10.6. The average Bonchev–Trinajstić information content (AvgIpc) is 3.04. The number of allylic oxidation sites excluding steroid dienone is 2. The third-order valence-corrected chi connectivity index (χ3v) is 9.53. The number of hydrogen-bond acceptors (Lipinski definition) is 7. The van der Waals surface area contributed by atoms with Crippen molar-refractivity contribution in [3.63, 3.8) is 0 Å². The Morgan fingerprint density at radius 1 is 0.612 bits per heavy atom. The van der Waals surface area contributed by atoms with Crippen molar-refractivity contribution < 1.29 is 42.1 Å². The van der Waals surface area contributed by atoms with Gasteiger partial charge in [0, 0.05) is 12.8 Å². The Morgan fingerprint density at radius 3 is 1.53 bits per heavy atom. The molecule has 1 N–H and O–H groups in total. The molecule has 0 saturated carbocycles. The fourth-order valence-electron chi connectivity index (χ4n) is 5.36. The zero-order valence-corrected chi connectivity index (χ0v) is 33.3.